The number of thioether (sulfide) groups is 1. The van der Waals surface area contributed by atoms with Gasteiger partial charge in [0.2, 0.25) is 0 Å². The summed E-state index contributed by atoms with van der Waals surface area (Å²) in [7, 11) is 0. The van der Waals surface area contributed by atoms with Gasteiger partial charge in [0.05, 0.1) is 5.03 Å². The lowest BCUT2D eigenvalue weighted by molar-refractivity contribution is 0.103. The van der Waals surface area contributed by atoms with Crippen LogP contribution in [-0.2, 0) is 0 Å². The molecule has 0 unspecified atom stereocenters. The summed E-state index contributed by atoms with van der Waals surface area (Å²) >= 11 is 1.69. The highest BCUT2D eigenvalue weighted by atomic mass is 32.2. The van der Waals surface area contributed by atoms with Gasteiger partial charge in [-0.25, -0.2) is 4.98 Å². The molecule has 0 saturated carbocycles. The fraction of sp³-hybridized carbons (Fsp3) is 0.250. The lowest BCUT2D eigenvalue weighted by Gasteiger charge is -2.16. The molecular weight excluding hydrogens is 254 g/mol. The van der Waals surface area contributed by atoms with Crippen LogP contribution in [0.4, 0.5) is 0 Å². The number of benzene rings is 1. The molecule has 0 radical (unpaired) electrons. The average Bonchev–Trinajstić information content (AvgIpc) is 2.38. The molecule has 0 atom stereocenters. The number of pyridine rings is 1. The zero-order valence-electron chi connectivity index (χ0n) is 11.4. The van der Waals surface area contributed by atoms with E-state index < -0.39 is 0 Å². The first kappa shape index (κ1) is 13.8. The second-order valence-electron chi connectivity index (χ2n) is 5.29. The normalized spacial score (nSPS) is 11.3. The molecule has 0 bridgehead atoms. The van der Waals surface area contributed by atoms with Crippen molar-refractivity contribution in [2.45, 2.75) is 30.5 Å². The Morgan fingerprint density at radius 2 is 1.68 bits per heavy atom. The molecule has 0 amide bonds. The fourth-order valence-electron chi connectivity index (χ4n) is 1.64. The van der Waals surface area contributed by atoms with Crippen molar-refractivity contribution >= 4 is 17.5 Å². The molecule has 0 N–H and O–H groups in total. The Bertz CT molecular complexity index is 556. The number of hydrogen-bond acceptors (Lipinski definition) is 3. The predicted octanol–water partition coefficient (Wildman–Crippen LogP) is 4.20. The molecule has 3 heteroatoms. The fourth-order valence-corrected chi connectivity index (χ4v) is 2.51. The van der Waals surface area contributed by atoms with Crippen molar-refractivity contribution < 1.29 is 4.79 Å². The highest BCUT2D eigenvalue weighted by molar-refractivity contribution is 8.00. The first-order valence-electron chi connectivity index (χ1n) is 6.20. The van der Waals surface area contributed by atoms with Gasteiger partial charge in [0.25, 0.3) is 0 Å². The number of aromatic nitrogens is 1. The zero-order chi connectivity index (χ0) is 13.9. The van der Waals surface area contributed by atoms with Gasteiger partial charge in [-0.1, -0.05) is 51.1 Å². The quantitative estimate of drug-likeness (QED) is 0.619. The summed E-state index contributed by atoms with van der Waals surface area (Å²) in [6.07, 6.45) is 1.66. The average molecular weight is 271 g/mol. The Morgan fingerprint density at radius 1 is 1.00 bits per heavy atom. The molecule has 1 heterocycles. The Morgan fingerprint density at radius 3 is 2.21 bits per heavy atom. The lowest BCUT2D eigenvalue weighted by atomic mass is 10.1. The molecule has 19 heavy (non-hydrogen) atoms. The Hall–Kier alpha value is -1.61. The third-order valence-electron chi connectivity index (χ3n) is 2.45. The molecule has 2 rings (SSSR count). The molecular formula is C16H17NOS. The second-order valence-corrected chi connectivity index (χ2v) is 7.14. The van der Waals surface area contributed by atoms with E-state index in [0.717, 1.165) is 5.03 Å². The van der Waals surface area contributed by atoms with Crippen LogP contribution in [0.1, 0.15) is 36.7 Å². The first-order chi connectivity index (χ1) is 8.96. The van der Waals surface area contributed by atoms with E-state index >= 15 is 0 Å². The van der Waals surface area contributed by atoms with Crippen LogP contribution < -0.4 is 0 Å². The maximum absolute atomic E-state index is 12.2. The summed E-state index contributed by atoms with van der Waals surface area (Å²) in [6.45, 7) is 6.42. The van der Waals surface area contributed by atoms with Crippen LogP contribution in [0.15, 0.2) is 53.7 Å². The molecule has 1 aromatic carbocycles. The molecule has 0 spiro atoms. The van der Waals surface area contributed by atoms with Gasteiger partial charge in [0.15, 0.2) is 5.78 Å². The molecule has 0 saturated heterocycles. The van der Waals surface area contributed by atoms with E-state index in [9.17, 15) is 4.79 Å². The minimum Gasteiger partial charge on any atom is -0.289 e. The van der Waals surface area contributed by atoms with Gasteiger partial charge in [0, 0.05) is 22.1 Å². The van der Waals surface area contributed by atoms with Crippen molar-refractivity contribution in [1.82, 2.24) is 4.98 Å². The van der Waals surface area contributed by atoms with Gasteiger partial charge in [-0.05, 0) is 12.1 Å². The van der Waals surface area contributed by atoms with E-state index in [1.54, 1.807) is 18.0 Å². The van der Waals surface area contributed by atoms with Gasteiger partial charge in [-0.3, -0.25) is 4.79 Å². The molecule has 98 valence electrons. The van der Waals surface area contributed by atoms with E-state index in [1.807, 2.05) is 42.5 Å². The Balaban J connectivity index is 2.17. The van der Waals surface area contributed by atoms with Gasteiger partial charge in [0.1, 0.15) is 0 Å². The zero-order valence-corrected chi connectivity index (χ0v) is 12.2. The van der Waals surface area contributed by atoms with Gasteiger partial charge >= 0.3 is 0 Å². The van der Waals surface area contributed by atoms with Gasteiger partial charge < -0.3 is 0 Å². The minimum atomic E-state index is 0.0143. The predicted molar refractivity (Wildman–Crippen MR) is 79.7 cm³/mol. The molecule has 2 aromatic rings. The standard InChI is InChI=1S/C16H17NOS/c1-16(2,3)19-14-10-9-13(11-17-14)15(18)12-7-5-4-6-8-12/h4-11H,1-3H3. The van der Waals surface area contributed by atoms with Crippen molar-refractivity contribution in [3.8, 4) is 0 Å². The van der Waals surface area contributed by atoms with Crippen molar-refractivity contribution in [3.63, 3.8) is 0 Å². The smallest absolute Gasteiger partial charge is 0.194 e. The van der Waals surface area contributed by atoms with E-state index in [0.29, 0.717) is 11.1 Å². The second kappa shape index (κ2) is 5.57. The summed E-state index contributed by atoms with van der Waals surface area (Å²) in [4.78, 5) is 16.5. The van der Waals surface area contributed by atoms with Crippen LogP contribution in [-0.4, -0.2) is 15.5 Å². The molecule has 0 aliphatic rings. The topological polar surface area (TPSA) is 30.0 Å². The first-order valence-corrected chi connectivity index (χ1v) is 7.02. The number of rotatable bonds is 3. The van der Waals surface area contributed by atoms with Crippen LogP contribution >= 0.6 is 11.8 Å². The Labute approximate surface area is 118 Å². The number of carbonyl (C=O) groups is 1. The van der Waals surface area contributed by atoms with Crippen LogP contribution in [0.2, 0.25) is 0 Å². The molecule has 0 fully saturated rings. The van der Waals surface area contributed by atoms with Crippen molar-refractivity contribution in [3.05, 3.63) is 59.8 Å². The van der Waals surface area contributed by atoms with E-state index in [2.05, 4.69) is 25.8 Å². The monoisotopic (exact) mass is 271 g/mol. The van der Waals surface area contributed by atoms with Crippen molar-refractivity contribution in [2.24, 2.45) is 0 Å². The van der Waals surface area contributed by atoms with Crippen LogP contribution in [0.5, 0.6) is 0 Å². The maximum Gasteiger partial charge on any atom is 0.194 e. The lowest BCUT2D eigenvalue weighted by Crippen LogP contribution is -2.08. The highest BCUT2D eigenvalue weighted by Gasteiger charge is 2.14. The third kappa shape index (κ3) is 3.93. The molecule has 2 nitrogen and oxygen atoms in total. The Kier molecular flexibility index (Phi) is 4.05. The summed E-state index contributed by atoms with van der Waals surface area (Å²) < 4.78 is 0.123. The van der Waals surface area contributed by atoms with Crippen LogP contribution in [0.3, 0.4) is 0 Å². The number of ketones is 1. The van der Waals surface area contributed by atoms with Crippen LogP contribution in [0, 0.1) is 0 Å². The summed E-state index contributed by atoms with van der Waals surface area (Å²) in [5.41, 5.74) is 1.32. The third-order valence-corrected chi connectivity index (χ3v) is 3.51. The van der Waals surface area contributed by atoms with Gasteiger partial charge in [-0.15, -0.1) is 11.8 Å². The minimum absolute atomic E-state index is 0.0143. The molecule has 1 aromatic heterocycles. The largest absolute Gasteiger partial charge is 0.289 e. The summed E-state index contributed by atoms with van der Waals surface area (Å²) in [5.74, 6) is 0.0143. The van der Waals surface area contributed by atoms with E-state index in [-0.39, 0.29) is 10.5 Å². The molecule has 0 aliphatic carbocycles. The summed E-state index contributed by atoms with van der Waals surface area (Å²) in [6, 6.07) is 13.0. The maximum atomic E-state index is 12.2. The SMILES string of the molecule is CC(C)(C)Sc1ccc(C(=O)c2ccccc2)cn1. The van der Waals surface area contributed by atoms with Crippen molar-refractivity contribution in [1.29, 1.82) is 0 Å². The highest BCUT2D eigenvalue weighted by Crippen LogP contribution is 2.30. The summed E-state index contributed by atoms with van der Waals surface area (Å²) in [5, 5.41) is 0.942. The number of hydrogen-bond donors (Lipinski definition) is 0. The van der Waals surface area contributed by atoms with Crippen molar-refractivity contribution in [2.75, 3.05) is 0 Å². The molecule has 0 aliphatic heterocycles. The van der Waals surface area contributed by atoms with E-state index in [1.165, 1.54) is 0 Å². The van der Waals surface area contributed by atoms with Gasteiger partial charge in [-0.2, -0.15) is 0 Å². The van der Waals surface area contributed by atoms with Crippen LogP contribution in [0.25, 0.3) is 0 Å². The number of nitrogens with zero attached hydrogens (tertiary/aromatic N) is 1. The number of carbonyl (C=O) groups excluding carboxylic acids is 1. The van der Waals surface area contributed by atoms with E-state index in [4.69, 9.17) is 0 Å².